The van der Waals surface area contributed by atoms with E-state index in [1.807, 2.05) is 31.4 Å². The number of thioether (sulfide) groups is 1. The first-order chi connectivity index (χ1) is 14.1. The second-order valence-electron chi connectivity index (χ2n) is 5.88. The molecule has 0 fully saturated rings. The number of benzene rings is 1. The number of aliphatic hydroxyl groups is 1. The Morgan fingerprint density at radius 2 is 2.03 bits per heavy atom. The second kappa shape index (κ2) is 11.9. The summed E-state index contributed by atoms with van der Waals surface area (Å²) in [7, 11) is 1.53. The average molecular weight is 416 g/mol. The third kappa shape index (κ3) is 7.24. The SMILES string of the molecule is CC/C=C(\C=C/CSC)Oc1cc(OC)cc(C(=O)Nc2cnc(CO)cn2)c1. The van der Waals surface area contributed by atoms with E-state index in [-0.39, 0.29) is 18.3 Å². The summed E-state index contributed by atoms with van der Waals surface area (Å²) in [5.74, 6) is 2.48. The number of amides is 1. The van der Waals surface area contributed by atoms with E-state index in [0.717, 1.165) is 12.2 Å². The lowest BCUT2D eigenvalue weighted by atomic mass is 10.2. The average Bonchev–Trinajstić information content (AvgIpc) is 2.74. The number of rotatable bonds is 10. The molecule has 0 saturated carbocycles. The van der Waals surface area contributed by atoms with Crippen LogP contribution in [0.1, 0.15) is 29.4 Å². The van der Waals surface area contributed by atoms with Crippen LogP contribution in [0.3, 0.4) is 0 Å². The van der Waals surface area contributed by atoms with Crippen molar-refractivity contribution >= 4 is 23.5 Å². The Morgan fingerprint density at radius 1 is 1.24 bits per heavy atom. The minimum absolute atomic E-state index is 0.211. The van der Waals surface area contributed by atoms with Crippen molar-refractivity contribution in [3.05, 3.63) is 65.8 Å². The predicted octanol–water partition coefficient (Wildman–Crippen LogP) is 3.82. The van der Waals surface area contributed by atoms with Crippen molar-refractivity contribution in [2.24, 2.45) is 0 Å². The van der Waals surface area contributed by atoms with Gasteiger partial charge in [-0.15, -0.1) is 0 Å². The van der Waals surface area contributed by atoms with Gasteiger partial charge in [0.2, 0.25) is 0 Å². The van der Waals surface area contributed by atoms with E-state index in [2.05, 4.69) is 15.3 Å². The quantitative estimate of drug-likeness (QED) is 0.450. The first kappa shape index (κ1) is 22.4. The molecule has 0 bridgehead atoms. The Kier molecular flexibility index (Phi) is 9.20. The second-order valence-corrected chi connectivity index (χ2v) is 6.79. The largest absolute Gasteiger partial charge is 0.497 e. The Balaban J connectivity index is 2.21. The molecule has 0 spiro atoms. The highest BCUT2D eigenvalue weighted by atomic mass is 32.2. The zero-order chi connectivity index (χ0) is 21.1. The third-order valence-electron chi connectivity index (χ3n) is 3.67. The number of nitrogens with one attached hydrogen (secondary N) is 1. The number of allylic oxidation sites excluding steroid dienone is 2. The topological polar surface area (TPSA) is 93.6 Å². The number of aromatic nitrogens is 2. The number of carbonyl (C=O) groups is 1. The van der Waals surface area contributed by atoms with Gasteiger partial charge >= 0.3 is 0 Å². The summed E-state index contributed by atoms with van der Waals surface area (Å²) in [4.78, 5) is 20.7. The number of carbonyl (C=O) groups excluding carboxylic acids is 1. The number of methoxy groups -OCH3 is 1. The van der Waals surface area contributed by atoms with Crippen molar-refractivity contribution in [1.29, 1.82) is 0 Å². The number of anilines is 1. The molecule has 8 heteroatoms. The molecule has 2 rings (SSSR count). The molecule has 0 aliphatic carbocycles. The maximum absolute atomic E-state index is 12.6. The van der Waals surface area contributed by atoms with Crippen LogP contribution in [0.4, 0.5) is 5.82 Å². The maximum Gasteiger partial charge on any atom is 0.257 e. The Bertz CT molecular complexity index is 867. The van der Waals surface area contributed by atoms with Gasteiger partial charge in [-0.3, -0.25) is 9.78 Å². The summed E-state index contributed by atoms with van der Waals surface area (Å²) in [6, 6.07) is 4.97. The minimum Gasteiger partial charge on any atom is -0.497 e. The summed E-state index contributed by atoms with van der Waals surface area (Å²) in [6.45, 7) is 1.82. The highest BCUT2D eigenvalue weighted by Crippen LogP contribution is 2.25. The van der Waals surface area contributed by atoms with Crippen LogP contribution in [-0.2, 0) is 6.61 Å². The van der Waals surface area contributed by atoms with E-state index >= 15 is 0 Å². The molecule has 2 aromatic rings. The molecule has 1 aromatic carbocycles. The molecule has 29 heavy (non-hydrogen) atoms. The number of ether oxygens (including phenoxy) is 2. The van der Waals surface area contributed by atoms with Gasteiger partial charge in [0.1, 0.15) is 17.3 Å². The molecule has 154 valence electrons. The summed E-state index contributed by atoms with van der Waals surface area (Å²) >= 11 is 1.72. The van der Waals surface area contributed by atoms with E-state index in [0.29, 0.717) is 28.5 Å². The van der Waals surface area contributed by atoms with Crippen LogP contribution < -0.4 is 14.8 Å². The van der Waals surface area contributed by atoms with E-state index in [9.17, 15) is 4.79 Å². The Labute approximate surface area is 174 Å². The fourth-order valence-electron chi connectivity index (χ4n) is 2.31. The van der Waals surface area contributed by atoms with Gasteiger partial charge in [0.05, 0.1) is 31.8 Å². The molecular weight excluding hydrogens is 390 g/mol. The lowest BCUT2D eigenvalue weighted by Gasteiger charge is -2.11. The van der Waals surface area contributed by atoms with Crippen molar-refractivity contribution in [2.45, 2.75) is 20.0 Å². The molecule has 1 aromatic heterocycles. The van der Waals surface area contributed by atoms with Gasteiger partial charge in [-0.05, 0) is 37.0 Å². The number of hydrogen-bond acceptors (Lipinski definition) is 7. The molecule has 1 heterocycles. The van der Waals surface area contributed by atoms with E-state index in [1.54, 1.807) is 30.0 Å². The molecule has 0 saturated heterocycles. The molecule has 0 unspecified atom stereocenters. The summed E-state index contributed by atoms with van der Waals surface area (Å²) < 4.78 is 11.3. The molecular formula is C21H25N3O4S. The third-order valence-corrected chi connectivity index (χ3v) is 4.20. The maximum atomic E-state index is 12.6. The van der Waals surface area contributed by atoms with Crippen molar-refractivity contribution in [1.82, 2.24) is 9.97 Å². The zero-order valence-electron chi connectivity index (χ0n) is 16.7. The standard InChI is InChI=1S/C21H25N3O4S/c1-4-6-17(7-5-8-29-3)28-19-10-15(9-18(11-19)27-2)21(26)24-20-13-22-16(14-25)12-23-20/h5-7,9-13,25H,4,8,14H2,1-3H3,(H,23,24,26)/b7-5-,17-6+. The van der Waals surface area contributed by atoms with E-state index in [4.69, 9.17) is 14.6 Å². The molecule has 0 aliphatic heterocycles. The Hall–Kier alpha value is -2.84. The number of hydrogen-bond donors (Lipinski definition) is 2. The lowest BCUT2D eigenvalue weighted by Crippen LogP contribution is -2.14. The smallest absolute Gasteiger partial charge is 0.257 e. The normalized spacial score (nSPS) is 11.5. The van der Waals surface area contributed by atoms with Crippen molar-refractivity contribution < 1.29 is 19.4 Å². The van der Waals surface area contributed by atoms with Crippen LogP contribution in [0.25, 0.3) is 0 Å². The molecule has 0 atom stereocenters. The molecule has 2 N–H and O–H groups in total. The number of nitrogens with zero attached hydrogens (tertiary/aromatic N) is 2. The monoisotopic (exact) mass is 415 g/mol. The van der Waals surface area contributed by atoms with Gasteiger partial charge in [0.25, 0.3) is 5.91 Å². The highest BCUT2D eigenvalue weighted by Gasteiger charge is 2.12. The fourth-order valence-corrected chi connectivity index (χ4v) is 2.60. The van der Waals surface area contributed by atoms with Crippen molar-refractivity contribution in [3.63, 3.8) is 0 Å². The molecule has 0 aliphatic rings. The molecule has 1 amide bonds. The van der Waals surface area contributed by atoms with Crippen LogP contribution >= 0.6 is 11.8 Å². The summed E-state index contributed by atoms with van der Waals surface area (Å²) in [5.41, 5.74) is 0.779. The molecule has 7 nitrogen and oxygen atoms in total. The minimum atomic E-state index is -0.376. The zero-order valence-corrected chi connectivity index (χ0v) is 17.5. The van der Waals surface area contributed by atoms with Crippen LogP contribution in [0, 0.1) is 0 Å². The fraction of sp³-hybridized carbons (Fsp3) is 0.286. The van der Waals surface area contributed by atoms with Crippen LogP contribution in [-0.4, -0.2) is 40.1 Å². The van der Waals surface area contributed by atoms with Gasteiger partial charge in [-0.1, -0.05) is 13.0 Å². The van der Waals surface area contributed by atoms with Crippen LogP contribution in [0.2, 0.25) is 0 Å². The van der Waals surface area contributed by atoms with E-state index < -0.39 is 0 Å². The van der Waals surface area contributed by atoms with Gasteiger partial charge in [0.15, 0.2) is 5.82 Å². The first-order valence-electron chi connectivity index (χ1n) is 9.05. The van der Waals surface area contributed by atoms with Gasteiger partial charge in [0, 0.05) is 17.4 Å². The van der Waals surface area contributed by atoms with E-state index in [1.165, 1.54) is 19.5 Å². The molecule has 0 radical (unpaired) electrons. The van der Waals surface area contributed by atoms with Gasteiger partial charge in [-0.25, -0.2) is 4.98 Å². The van der Waals surface area contributed by atoms with Crippen molar-refractivity contribution in [3.8, 4) is 11.5 Å². The number of aliphatic hydroxyl groups excluding tert-OH is 1. The predicted molar refractivity (Wildman–Crippen MR) is 115 cm³/mol. The van der Waals surface area contributed by atoms with Crippen LogP contribution in [0.15, 0.2) is 54.6 Å². The Morgan fingerprint density at radius 3 is 2.66 bits per heavy atom. The lowest BCUT2D eigenvalue weighted by molar-refractivity contribution is 0.102. The summed E-state index contributed by atoms with van der Waals surface area (Å²) in [6.07, 6.45) is 11.5. The van der Waals surface area contributed by atoms with Crippen LogP contribution in [0.5, 0.6) is 11.5 Å². The van der Waals surface area contributed by atoms with Crippen molar-refractivity contribution in [2.75, 3.05) is 24.4 Å². The highest BCUT2D eigenvalue weighted by molar-refractivity contribution is 7.98. The first-order valence-corrected chi connectivity index (χ1v) is 10.4. The van der Waals surface area contributed by atoms with Gasteiger partial charge in [-0.2, -0.15) is 11.8 Å². The summed E-state index contributed by atoms with van der Waals surface area (Å²) in [5, 5.41) is 11.7. The van der Waals surface area contributed by atoms with Gasteiger partial charge < -0.3 is 19.9 Å².